The third kappa shape index (κ3) is 6.99. The van der Waals surface area contributed by atoms with Crippen molar-refractivity contribution in [2.75, 3.05) is 19.7 Å². The van der Waals surface area contributed by atoms with E-state index in [9.17, 15) is 23.2 Å². The summed E-state index contributed by atoms with van der Waals surface area (Å²) in [5.74, 6) is -1.39. The van der Waals surface area contributed by atoms with E-state index >= 15 is 0 Å². The van der Waals surface area contributed by atoms with E-state index in [1.165, 1.54) is 31.2 Å². The highest BCUT2D eigenvalue weighted by molar-refractivity contribution is 5.84. The van der Waals surface area contributed by atoms with Gasteiger partial charge in [-0.1, -0.05) is 12.1 Å². The van der Waals surface area contributed by atoms with E-state index in [1.54, 1.807) is 11.8 Å². The fourth-order valence-electron chi connectivity index (χ4n) is 3.10. The van der Waals surface area contributed by atoms with E-state index in [0.29, 0.717) is 38.1 Å². The Morgan fingerprint density at radius 2 is 1.76 bits per heavy atom. The van der Waals surface area contributed by atoms with E-state index < -0.39 is 18.7 Å². The molecule has 160 valence electrons. The SMILES string of the molecule is CCOC(=O)C1CCN(C(=O)C(C)OC(=O)Cc2ccc(OC(F)F)cc2)CC1. The lowest BCUT2D eigenvalue weighted by atomic mass is 9.97. The smallest absolute Gasteiger partial charge is 0.387 e. The molecular formula is C20H25F2NO6. The molecule has 0 aliphatic carbocycles. The van der Waals surface area contributed by atoms with Crippen LogP contribution in [0, 0.1) is 5.92 Å². The molecular weight excluding hydrogens is 388 g/mol. The van der Waals surface area contributed by atoms with Gasteiger partial charge in [-0.3, -0.25) is 14.4 Å². The van der Waals surface area contributed by atoms with E-state index in [0.717, 1.165) is 0 Å². The third-order valence-electron chi connectivity index (χ3n) is 4.58. The maximum absolute atomic E-state index is 12.5. The molecule has 0 spiro atoms. The fourth-order valence-corrected chi connectivity index (χ4v) is 3.10. The van der Waals surface area contributed by atoms with Crippen molar-refractivity contribution >= 4 is 17.8 Å². The highest BCUT2D eigenvalue weighted by atomic mass is 19.3. The Kier molecular flexibility index (Phi) is 8.35. The van der Waals surface area contributed by atoms with Crippen molar-refractivity contribution in [3.8, 4) is 5.75 Å². The first-order valence-electron chi connectivity index (χ1n) is 9.48. The molecule has 0 saturated carbocycles. The van der Waals surface area contributed by atoms with Crippen LogP contribution in [0.2, 0.25) is 0 Å². The van der Waals surface area contributed by atoms with E-state index in [4.69, 9.17) is 9.47 Å². The van der Waals surface area contributed by atoms with Gasteiger partial charge < -0.3 is 19.1 Å². The molecule has 0 radical (unpaired) electrons. The molecule has 1 aliphatic rings. The third-order valence-corrected chi connectivity index (χ3v) is 4.58. The minimum absolute atomic E-state index is 0.00751. The predicted molar refractivity (Wildman–Crippen MR) is 98.3 cm³/mol. The van der Waals surface area contributed by atoms with Crippen LogP contribution in [0.4, 0.5) is 8.78 Å². The Balaban J connectivity index is 1.79. The maximum Gasteiger partial charge on any atom is 0.387 e. The molecule has 2 rings (SSSR count). The maximum atomic E-state index is 12.5. The molecule has 0 N–H and O–H groups in total. The number of rotatable bonds is 8. The highest BCUT2D eigenvalue weighted by Gasteiger charge is 2.31. The van der Waals surface area contributed by atoms with Gasteiger partial charge in [0.2, 0.25) is 0 Å². The fraction of sp³-hybridized carbons (Fsp3) is 0.550. The number of likely N-dealkylation sites (tertiary alicyclic amines) is 1. The van der Waals surface area contributed by atoms with Gasteiger partial charge in [0.05, 0.1) is 18.9 Å². The molecule has 1 unspecified atom stereocenters. The summed E-state index contributed by atoms with van der Waals surface area (Å²) >= 11 is 0. The summed E-state index contributed by atoms with van der Waals surface area (Å²) in [7, 11) is 0. The minimum atomic E-state index is -2.92. The van der Waals surface area contributed by atoms with E-state index in [-0.39, 0.29) is 30.0 Å². The van der Waals surface area contributed by atoms with Crippen molar-refractivity contribution < 1.29 is 37.4 Å². The van der Waals surface area contributed by atoms with Crippen LogP contribution < -0.4 is 4.74 Å². The van der Waals surface area contributed by atoms with Crippen molar-refractivity contribution in [3.63, 3.8) is 0 Å². The Morgan fingerprint density at radius 3 is 2.31 bits per heavy atom. The zero-order valence-corrected chi connectivity index (χ0v) is 16.4. The summed E-state index contributed by atoms with van der Waals surface area (Å²) in [5.41, 5.74) is 0.548. The first kappa shape index (κ1) is 22.6. The summed E-state index contributed by atoms with van der Waals surface area (Å²) in [6.07, 6.45) is -0.0308. The number of esters is 2. The van der Waals surface area contributed by atoms with Crippen LogP contribution in [0.25, 0.3) is 0 Å². The van der Waals surface area contributed by atoms with Gasteiger partial charge in [-0.15, -0.1) is 0 Å². The number of nitrogens with zero attached hydrogens (tertiary/aromatic N) is 1. The number of benzene rings is 1. The first-order chi connectivity index (χ1) is 13.8. The topological polar surface area (TPSA) is 82.1 Å². The Hall–Kier alpha value is -2.71. The molecule has 0 bridgehead atoms. The van der Waals surface area contributed by atoms with Gasteiger partial charge in [-0.2, -0.15) is 8.78 Å². The molecule has 1 saturated heterocycles. The van der Waals surface area contributed by atoms with Crippen LogP contribution in [0.3, 0.4) is 0 Å². The average Bonchev–Trinajstić information content (AvgIpc) is 2.68. The van der Waals surface area contributed by atoms with Crippen molar-refractivity contribution in [2.45, 2.75) is 45.8 Å². The summed E-state index contributed by atoms with van der Waals surface area (Å²) in [4.78, 5) is 37.9. The highest BCUT2D eigenvalue weighted by Crippen LogP contribution is 2.20. The number of halogens is 2. The second-order valence-electron chi connectivity index (χ2n) is 6.68. The van der Waals surface area contributed by atoms with Crippen LogP contribution in [-0.4, -0.2) is 55.2 Å². The number of amides is 1. The Labute approximate surface area is 167 Å². The molecule has 1 aliphatic heterocycles. The molecule has 1 amide bonds. The number of hydrogen-bond donors (Lipinski definition) is 0. The molecule has 29 heavy (non-hydrogen) atoms. The van der Waals surface area contributed by atoms with Gasteiger partial charge in [0.25, 0.3) is 5.91 Å². The first-order valence-corrected chi connectivity index (χ1v) is 9.48. The summed E-state index contributed by atoms with van der Waals surface area (Å²) in [5, 5.41) is 0. The van der Waals surface area contributed by atoms with Crippen LogP contribution in [-0.2, 0) is 30.3 Å². The summed E-state index contributed by atoms with van der Waals surface area (Å²) in [6.45, 7) is 1.45. The van der Waals surface area contributed by atoms with Gasteiger partial charge in [0.15, 0.2) is 6.10 Å². The number of ether oxygens (including phenoxy) is 3. The van der Waals surface area contributed by atoms with E-state index in [2.05, 4.69) is 4.74 Å². The van der Waals surface area contributed by atoms with Gasteiger partial charge in [0, 0.05) is 13.1 Å². The van der Waals surface area contributed by atoms with Gasteiger partial charge in [-0.05, 0) is 44.4 Å². The summed E-state index contributed by atoms with van der Waals surface area (Å²) in [6, 6.07) is 5.62. The molecule has 1 heterocycles. The van der Waals surface area contributed by atoms with Gasteiger partial charge in [-0.25, -0.2) is 0 Å². The number of carbonyl (C=O) groups is 3. The van der Waals surface area contributed by atoms with Crippen molar-refractivity contribution in [1.29, 1.82) is 0 Å². The normalized spacial score (nSPS) is 15.7. The van der Waals surface area contributed by atoms with Crippen LogP contribution in [0.1, 0.15) is 32.3 Å². The number of carbonyl (C=O) groups excluding carboxylic acids is 3. The van der Waals surface area contributed by atoms with Crippen molar-refractivity contribution in [1.82, 2.24) is 4.90 Å². The second kappa shape index (κ2) is 10.7. The zero-order chi connectivity index (χ0) is 21.4. The number of alkyl halides is 2. The average molecular weight is 413 g/mol. The summed E-state index contributed by atoms with van der Waals surface area (Å²) < 4.78 is 38.7. The predicted octanol–water partition coefficient (Wildman–Crippen LogP) is 2.56. The van der Waals surface area contributed by atoms with E-state index in [1.807, 2.05) is 0 Å². The Bertz CT molecular complexity index is 701. The van der Waals surface area contributed by atoms with Crippen LogP contribution in [0.5, 0.6) is 5.75 Å². The van der Waals surface area contributed by atoms with Crippen molar-refractivity contribution in [3.05, 3.63) is 29.8 Å². The lowest BCUT2D eigenvalue weighted by Gasteiger charge is -2.32. The second-order valence-corrected chi connectivity index (χ2v) is 6.68. The molecule has 1 fully saturated rings. The zero-order valence-electron chi connectivity index (χ0n) is 16.4. The quantitative estimate of drug-likeness (QED) is 0.610. The van der Waals surface area contributed by atoms with Crippen molar-refractivity contribution in [2.24, 2.45) is 5.92 Å². The molecule has 9 heteroatoms. The molecule has 7 nitrogen and oxygen atoms in total. The standard InChI is InChI=1S/C20H25F2NO6/c1-3-27-19(26)15-8-10-23(11-9-15)18(25)13(2)28-17(24)12-14-4-6-16(7-5-14)29-20(21)22/h4-7,13,15,20H,3,8-12H2,1-2H3. The Morgan fingerprint density at radius 1 is 1.14 bits per heavy atom. The molecule has 1 atom stereocenters. The van der Waals surface area contributed by atoms with Gasteiger partial charge >= 0.3 is 18.6 Å². The minimum Gasteiger partial charge on any atom is -0.466 e. The lowest BCUT2D eigenvalue weighted by Crippen LogP contribution is -2.45. The lowest BCUT2D eigenvalue weighted by molar-refractivity contribution is -0.160. The van der Waals surface area contributed by atoms with Crippen LogP contribution >= 0.6 is 0 Å². The molecule has 1 aromatic rings. The molecule has 0 aromatic heterocycles. The largest absolute Gasteiger partial charge is 0.466 e. The number of hydrogen-bond acceptors (Lipinski definition) is 6. The van der Waals surface area contributed by atoms with Crippen LogP contribution in [0.15, 0.2) is 24.3 Å². The number of piperidine rings is 1. The molecule has 1 aromatic carbocycles. The monoisotopic (exact) mass is 413 g/mol. The van der Waals surface area contributed by atoms with Gasteiger partial charge in [0.1, 0.15) is 5.75 Å².